The van der Waals surface area contributed by atoms with Gasteiger partial charge in [0.1, 0.15) is 5.60 Å². The van der Waals surface area contributed by atoms with Crippen LogP contribution in [-0.4, -0.2) is 43.5 Å². The molecule has 1 fully saturated rings. The highest BCUT2D eigenvalue weighted by atomic mass is 16.6. The summed E-state index contributed by atoms with van der Waals surface area (Å²) in [6.45, 7) is 5.59. The fourth-order valence-corrected chi connectivity index (χ4v) is 3.80. The second-order valence-corrected chi connectivity index (χ2v) is 8.84. The number of ether oxygens (including phenoxy) is 1. The summed E-state index contributed by atoms with van der Waals surface area (Å²) >= 11 is 0. The Morgan fingerprint density at radius 3 is 2.80 bits per heavy atom. The maximum atomic E-state index is 12.0. The molecule has 1 saturated carbocycles. The van der Waals surface area contributed by atoms with Crippen LogP contribution < -0.4 is 10.6 Å². The fourth-order valence-electron chi connectivity index (χ4n) is 3.80. The lowest BCUT2D eigenvalue weighted by molar-refractivity contribution is 0.0505. The average molecular weight is 409 g/mol. The quantitative estimate of drug-likeness (QED) is 0.680. The number of hydrogen-bond acceptors (Lipinski definition) is 6. The van der Waals surface area contributed by atoms with Gasteiger partial charge < -0.3 is 15.4 Å². The number of rotatable bonds is 4. The zero-order valence-corrected chi connectivity index (χ0v) is 17.8. The van der Waals surface area contributed by atoms with Crippen molar-refractivity contribution in [1.82, 2.24) is 25.1 Å². The Morgan fingerprint density at radius 1 is 1.20 bits per heavy atom. The number of carbonyl (C=O) groups is 1. The normalized spacial score (nSPS) is 19.1. The van der Waals surface area contributed by atoms with E-state index in [0.29, 0.717) is 5.95 Å². The van der Waals surface area contributed by atoms with E-state index in [4.69, 9.17) is 9.72 Å². The Kier molecular flexibility index (Phi) is 5.32. The van der Waals surface area contributed by atoms with Crippen molar-refractivity contribution in [3.63, 3.8) is 0 Å². The minimum absolute atomic E-state index is 0.0912. The summed E-state index contributed by atoms with van der Waals surface area (Å²) in [6.07, 6.45) is 6.05. The molecule has 1 aliphatic carbocycles. The summed E-state index contributed by atoms with van der Waals surface area (Å²) < 4.78 is 7.16. The van der Waals surface area contributed by atoms with E-state index in [-0.39, 0.29) is 18.2 Å². The van der Waals surface area contributed by atoms with E-state index >= 15 is 0 Å². The number of anilines is 1. The number of nitrogens with zero attached hydrogens (tertiary/aromatic N) is 4. The molecule has 0 unspecified atom stereocenters. The van der Waals surface area contributed by atoms with Crippen LogP contribution in [0.25, 0.3) is 22.2 Å². The van der Waals surface area contributed by atoms with Crippen LogP contribution in [0.5, 0.6) is 0 Å². The van der Waals surface area contributed by atoms with Crippen molar-refractivity contribution < 1.29 is 9.53 Å². The molecule has 1 aromatic carbocycles. The predicted molar refractivity (Wildman–Crippen MR) is 116 cm³/mol. The number of benzene rings is 1. The van der Waals surface area contributed by atoms with Gasteiger partial charge in [0.05, 0.1) is 11.2 Å². The van der Waals surface area contributed by atoms with E-state index in [9.17, 15) is 4.79 Å². The highest BCUT2D eigenvalue weighted by Crippen LogP contribution is 2.25. The van der Waals surface area contributed by atoms with Crippen LogP contribution in [0, 0.1) is 0 Å². The van der Waals surface area contributed by atoms with Gasteiger partial charge in [0.2, 0.25) is 5.95 Å². The summed E-state index contributed by atoms with van der Waals surface area (Å²) in [5.74, 6) is 0.599. The van der Waals surface area contributed by atoms with Gasteiger partial charge in [-0.15, -0.1) is 0 Å². The first-order valence-corrected chi connectivity index (χ1v) is 10.3. The van der Waals surface area contributed by atoms with Gasteiger partial charge in [-0.2, -0.15) is 5.10 Å². The zero-order valence-electron chi connectivity index (χ0n) is 17.8. The lowest BCUT2D eigenvalue weighted by atomic mass is 10.1. The van der Waals surface area contributed by atoms with Gasteiger partial charge in [0, 0.05) is 42.5 Å². The second kappa shape index (κ2) is 7.93. The molecule has 3 aromatic rings. The molecule has 0 bridgehead atoms. The van der Waals surface area contributed by atoms with Crippen molar-refractivity contribution in [1.29, 1.82) is 0 Å². The number of fused-ring (bicyclic) bond motifs is 1. The highest BCUT2D eigenvalue weighted by Gasteiger charge is 2.28. The minimum atomic E-state index is -0.493. The van der Waals surface area contributed by atoms with Gasteiger partial charge in [0.15, 0.2) is 0 Å². The van der Waals surface area contributed by atoms with Crippen LogP contribution >= 0.6 is 0 Å². The third kappa shape index (κ3) is 4.87. The lowest BCUT2D eigenvalue weighted by Gasteiger charge is -2.21. The molecule has 0 aliphatic heterocycles. The molecule has 8 nitrogen and oxygen atoms in total. The van der Waals surface area contributed by atoms with Crippen molar-refractivity contribution in [2.75, 3.05) is 5.32 Å². The monoisotopic (exact) mass is 408 g/mol. The molecule has 2 N–H and O–H groups in total. The molecule has 1 amide bonds. The molecule has 0 spiro atoms. The van der Waals surface area contributed by atoms with E-state index in [1.807, 2.05) is 56.9 Å². The van der Waals surface area contributed by atoms with Gasteiger partial charge in [0.25, 0.3) is 0 Å². The standard InChI is InChI=1S/C22H28N6O2/c1-22(2,3)30-21(29)25-17-7-6-16(12-17)24-20-23-10-9-18(26-20)14-5-8-19-15(11-14)13-28(4)27-19/h5,8-11,13,16-17H,6-7,12H2,1-4H3,(H,25,29)(H,23,24,26)/t16-,17-/m0/s1. The number of aromatic nitrogens is 4. The van der Waals surface area contributed by atoms with Crippen LogP contribution in [0.4, 0.5) is 10.7 Å². The van der Waals surface area contributed by atoms with Crippen LogP contribution in [-0.2, 0) is 11.8 Å². The molecule has 158 valence electrons. The molecule has 30 heavy (non-hydrogen) atoms. The van der Waals surface area contributed by atoms with Crippen LogP contribution in [0.3, 0.4) is 0 Å². The predicted octanol–water partition coefficient (Wildman–Crippen LogP) is 3.89. The summed E-state index contributed by atoms with van der Waals surface area (Å²) in [5.41, 5.74) is 2.35. The zero-order chi connectivity index (χ0) is 21.3. The topological polar surface area (TPSA) is 94.0 Å². The van der Waals surface area contributed by atoms with Gasteiger partial charge >= 0.3 is 6.09 Å². The van der Waals surface area contributed by atoms with Crippen molar-refractivity contribution in [2.24, 2.45) is 7.05 Å². The van der Waals surface area contributed by atoms with Crippen molar-refractivity contribution in [2.45, 2.75) is 57.7 Å². The van der Waals surface area contributed by atoms with Crippen molar-refractivity contribution in [3.05, 3.63) is 36.7 Å². The molecule has 1 aliphatic rings. The minimum Gasteiger partial charge on any atom is -0.444 e. The van der Waals surface area contributed by atoms with Gasteiger partial charge in [-0.1, -0.05) is 6.07 Å². The first-order valence-electron chi connectivity index (χ1n) is 10.3. The maximum absolute atomic E-state index is 12.0. The molecule has 0 radical (unpaired) electrons. The van der Waals surface area contributed by atoms with E-state index in [2.05, 4.69) is 26.8 Å². The molecular weight excluding hydrogens is 380 g/mol. The van der Waals surface area contributed by atoms with Crippen LogP contribution in [0.1, 0.15) is 40.0 Å². The highest BCUT2D eigenvalue weighted by molar-refractivity contribution is 5.83. The van der Waals surface area contributed by atoms with Gasteiger partial charge in [-0.05, 0) is 58.2 Å². The number of amides is 1. The van der Waals surface area contributed by atoms with Gasteiger partial charge in [-0.3, -0.25) is 4.68 Å². The number of carbonyl (C=O) groups excluding carboxylic acids is 1. The van der Waals surface area contributed by atoms with E-state index in [1.54, 1.807) is 6.20 Å². The Balaban J connectivity index is 1.39. The number of nitrogens with one attached hydrogen (secondary N) is 2. The smallest absolute Gasteiger partial charge is 0.407 e. The third-order valence-electron chi connectivity index (χ3n) is 5.06. The molecule has 0 saturated heterocycles. The maximum Gasteiger partial charge on any atom is 0.407 e. The third-order valence-corrected chi connectivity index (χ3v) is 5.06. The SMILES string of the molecule is Cn1cc2cc(-c3ccnc(N[C@H]4CC[C@H](NC(=O)OC(C)(C)C)C4)n3)ccc2n1. The van der Waals surface area contributed by atoms with Crippen molar-refractivity contribution >= 4 is 22.9 Å². The summed E-state index contributed by atoms with van der Waals surface area (Å²) in [4.78, 5) is 21.1. The Hall–Kier alpha value is -3.16. The Bertz CT molecular complexity index is 1060. The van der Waals surface area contributed by atoms with Crippen molar-refractivity contribution in [3.8, 4) is 11.3 Å². The van der Waals surface area contributed by atoms with E-state index in [0.717, 1.165) is 41.4 Å². The number of alkyl carbamates (subject to hydrolysis) is 1. The van der Waals surface area contributed by atoms with E-state index in [1.165, 1.54) is 0 Å². The Labute approximate surface area is 176 Å². The molecule has 4 rings (SSSR count). The lowest BCUT2D eigenvalue weighted by Crippen LogP contribution is -2.38. The number of hydrogen-bond donors (Lipinski definition) is 2. The summed E-state index contributed by atoms with van der Waals surface area (Å²) in [5, 5.41) is 11.9. The fraction of sp³-hybridized carbons (Fsp3) is 0.455. The van der Waals surface area contributed by atoms with Gasteiger partial charge in [-0.25, -0.2) is 14.8 Å². The first kappa shape index (κ1) is 20.1. The molecular formula is C22H28N6O2. The molecule has 2 atom stereocenters. The average Bonchev–Trinajstić information content (AvgIpc) is 3.24. The first-order chi connectivity index (χ1) is 14.2. The molecule has 8 heteroatoms. The molecule has 2 heterocycles. The Morgan fingerprint density at radius 2 is 2.00 bits per heavy atom. The summed E-state index contributed by atoms with van der Waals surface area (Å²) in [6, 6.07) is 8.32. The van der Waals surface area contributed by atoms with Crippen LogP contribution in [0.2, 0.25) is 0 Å². The largest absolute Gasteiger partial charge is 0.444 e. The second-order valence-electron chi connectivity index (χ2n) is 8.84. The summed E-state index contributed by atoms with van der Waals surface area (Å²) in [7, 11) is 1.92. The number of aryl methyl sites for hydroxylation is 1. The molecule has 2 aromatic heterocycles. The van der Waals surface area contributed by atoms with Crippen LogP contribution in [0.15, 0.2) is 36.7 Å². The van der Waals surface area contributed by atoms with E-state index < -0.39 is 5.60 Å².